The summed E-state index contributed by atoms with van der Waals surface area (Å²) in [7, 11) is 0. The van der Waals surface area contributed by atoms with Crippen LogP contribution in [0.25, 0.3) is 5.69 Å². The van der Waals surface area contributed by atoms with E-state index in [1.165, 1.54) is 11.8 Å². The Balaban J connectivity index is 1.71. The minimum absolute atomic E-state index is 0.0996. The minimum Gasteiger partial charge on any atom is -0.467 e. The molecular weight excluding hydrogens is 338 g/mol. The number of furan rings is 1. The molecule has 130 valence electrons. The lowest BCUT2D eigenvalue weighted by Gasteiger charge is -2.13. The molecule has 0 aliphatic rings. The molecule has 0 unspecified atom stereocenters. The summed E-state index contributed by atoms with van der Waals surface area (Å²) in [6, 6.07) is 9.63. The second-order valence-corrected chi connectivity index (χ2v) is 6.98. The third-order valence-electron chi connectivity index (χ3n) is 3.76. The van der Waals surface area contributed by atoms with Gasteiger partial charge in [-0.15, -0.1) is 5.10 Å². The Morgan fingerprint density at radius 2 is 2.04 bits per heavy atom. The lowest BCUT2D eigenvalue weighted by atomic mass is 10.1. The van der Waals surface area contributed by atoms with Crippen molar-refractivity contribution in [1.29, 1.82) is 0 Å². The fraction of sp³-hybridized carbons (Fsp3) is 0.294. The van der Waals surface area contributed by atoms with Gasteiger partial charge in [0.25, 0.3) is 0 Å². The van der Waals surface area contributed by atoms with E-state index in [0.29, 0.717) is 17.5 Å². The predicted molar refractivity (Wildman–Crippen MR) is 94.5 cm³/mol. The van der Waals surface area contributed by atoms with Crippen molar-refractivity contribution in [3.05, 3.63) is 53.5 Å². The molecule has 0 saturated heterocycles. The standard InChI is InChI=1S/C17H19N5O2S/c1-11-6-4-7-12(2)15(11)22-17(19-20-21-22)25-13(3)16(23)18-10-14-8-5-9-24-14/h4-9,13H,10H2,1-3H3,(H,18,23)/t13-/m1/s1. The molecule has 2 heterocycles. The van der Waals surface area contributed by atoms with Crippen molar-refractivity contribution in [2.24, 2.45) is 0 Å². The molecule has 1 atom stereocenters. The van der Waals surface area contributed by atoms with E-state index in [1.807, 2.05) is 45.0 Å². The number of amides is 1. The number of nitrogens with zero attached hydrogens (tertiary/aromatic N) is 4. The summed E-state index contributed by atoms with van der Waals surface area (Å²) in [4.78, 5) is 12.3. The highest BCUT2D eigenvalue weighted by Gasteiger charge is 2.20. The van der Waals surface area contributed by atoms with E-state index in [0.717, 1.165) is 16.8 Å². The number of hydrogen-bond acceptors (Lipinski definition) is 6. The first-order valence-corrected chi connectivity index (χ1v) is 8.76. The van der Waals surface area contributed by atoms with Crippen LogP contribution in [-0.4, -0.2) is 31.4 Å². The molecule has 0 aliphatic carbocycles. The van der Waals surface area contributed by atoms with Crippen molar-refractivity contribution < 1.29 is 9.21 Å². The van der Waals surface area contributed by atoms with Crippen molar-refractivity contribution in [3.8, 4) is 5.69 Å². The van der Waals surface area contributed by atoms with Crippen LogP contribution < -0.4 is 5.32 Å². The van der Waals surface area contributed by atoms with Gasteiger partial charge in [0.15, 0.2) is 0 Å². The van der Waals surface area contributed by atoms with Crippen LogP contribution in [-0.2, 0) is 11.3 Å². The first kappa shape index (κ1) is 17.2. The number of tetrazole rings is 1. The summed E-state index contributed by atoms with van der Waals surface area (Å²) < 4.78 is 6.90. The van der Waals surface area contributed by atoms with E-state index in [2.05, 4.69) is 20.8 Å². The van der Waals surface area contributed by atoms with Gasteiger partial charge in [0, 0.05) is 0 Å². The molecule has 0 spiro atoms. The number of benzene rings is 1. The zero-order valence-corrected chi connectivity index (χ0v) is 15.1. The van der Waals surface area contributed by atoms with Crippen molar-refractivity contribution in [2.75, 3.05) is 0 Å². The van der Waals surface area contributed by atoms with Crippen LogP contribution in [0.3, 0.4) is 0 Å². The molecule has 0 bridgehead atoms. The smallest absolute Gasteiger partial charge is 0.233 e. The third-order valence-corrected chi connectivity index (χ3v) is 4.79. The maximum Gasteiger partial charge on any atom is 0.233 e. The van der Waals surface area contributed by atoms with Crippen molar-refractivity contribution >= 4 is 17.7 Å². The molecule has 1 N–H and O–H groups in total. The fourth-order valence-electron chi connectivity index (χ4n) is 2.48. The molecule has 0 radical (unpaired) electrons. The Hall–Kier alpha value is -2.61. The number of hydrogen-bond donors (Lipinski definition) is 1. The number of carbonyl (C=O) groups excluding carboxylic acids is 1. The summed E-state index contributed by atoms with van der Waals surface area (Å²) in [5.74, 6) is 0.614. The molecule has 2 aromatic heterocycles. The molecular formula is C17H19N5O2S. The van der Waals surface area contributed by atoms with E-state index >= 15 is 0 Å². The monoisotopic (exact) mass is 357 g/mol. The number of aromatic nitrogens is 4. The number of para-hydroxylation sites is 1. The Morgan fingerprint density at radius 3 is 2.72 bits per heavy atom. The van der Waals surface area contributed by atoms with E-state index in [4.69, 9.17) is 4.42 Å². The van der Waals surface area contributed by atoms with E-state index in [1.54, 1.807) is 17.0 Å². The molecule has 25 heavy (non-hydrogen) atoms. The average Bonchev–Trinajstić information content (AvgIpc) is 3.25. The van der Waals surface area contributed by atoms with E-state index in [-0.39, 0.29) is 11.2 Å². The SMILES string of the molecule is Cc1cccc(C)c1-n1nnnc1S[C@H](C)C(=O)NCc1ccco1. The molecule has 3 aromatic rings. The van der Waals surface area contributed by atoms with Crippen LogP contribution in [0.2, 0.25) is 0 Å². The highest BCUT2D eigenvalue weighted by Crippen LogP contribution is 2.26. The highest BCUT2D eigenvalue weighted by atomic mass is 32.2. The quantitative estimate of drug-likeness (QED) is 0.683. The first-order valence-electron chi connectivity index (χ1n) is 7.88. The first-order chi connectivity index (χ1) is 12.1. The normalized spacial score (nSPS) is 12.1. The van der Waals surface area contributed by atoms with Gasteiger partial charge in [0.1, 0.15) is 5.76 Å². The molecule has 3 rings (SSSR count). The van der Waals surface area contributed by atoms with Crippen molar-refractivity contribution in [3.63, 3.8) is 0 Å². The summed E-state index contributed by atoms with van der Waals surface area (Å²) in [5.41, 5.74) is 3.09. The van der Waals surface area contributed by atoms with Crippen LogP contribution in [0.4, 0.5) is 0 Å². The van der Waals surface area contributed by atoms with Gasteiger partial charge in [-0.05, 0) is 54.5 Å². The summed E-state index contributed by atoms with van der Waals surface area (Å²) in [6.07, 6.45) is 1.58. The topological polar surface area (TPSA) is 85.8 Å². The highest BCUT2D eigenvalue weighted by molar-refractivity contribution is 8.00. The largest absolute Gasteiger partial charge is 0.467 e. The second kappa shape index (κ2) is 7.52. The van der Waals surface area contributed by atoms with Gasteiger partial charge in [-0.3, -0.25) is 4.79 Å². The summed E-state index contributed by atoms with van der Waals surface area (Å²) in [6.45, 7) is 6.21. The molecule has 0 aliphatic heterocycles. The van der Waals surface area contributed by atoms with Gasteiger partial charge in [-0.25, -0.2) is 0 Å². The average molecular weight is 357 g/mol. The van der Waals surface area contributed by atoms with Gasteiger partial charge in [0.05, 0.1) is 23.7 Å². The number of nitrogens with one attached hydrogen (secondary N) is 1. The molecule has 0 saturated carbocycles. The Kier molecular flexibility index (Phi) is 5.18. The summed E-state index contributed by atoms with van der Waals surface area (Å²) >= 11 is 1.32. The van der Waals surface area contributed by atoms with Crippen LogP contribution in [0, 0.1) is 13.8 Å². The summed E-state index contributed by atoms with van der Waals surface area (Å²) in [5, 5.41) is 15.0. The zero-order chi connectivity index (χ0) is 17.8. The molecule has 1 aromatic carbocycles. The minimum atomic E-state index is -0.343. The van der Waals surface area contributed by atoms with Gasteiger partial charge in [0.2, 0.25) is 11.1 Å². The number of carbonyl (C=O) groups is 1. The van der Waals surface area contributed by atoms with Gasteiger partial charge < -0.3 is 9.73 Å². The lowest BCUT2D eigenvalue weighted by Crippen LogP contribution is -2.30. The van der Waals surface area contributed by atoms with Crippen molar-refractivity contribution in [2.45, 2.75) is 37.7 Å². The van der Waals surface area contributed by atoms with Crippen LogP contribution >= 0.6 is 11.8 Å². The van der Waals surface area contributed by atoms with Gasteiger partial charge >= 0.3 is 0 Å². The van der Waals surface area contributed by atoms with E-state index < -0.39 is 0 Å². The zero-order valence-electron chi connectivity index (χ0n) is 14.3. The molecule has 8 heteroatoms. The molecule has 7 nitrogen and oxygen atoms in total. The predicted octanol–water partition coefficient (Wildman–Crippen LogP) is 2.67. The molecule has 0 fully saturated rings. The number of aryl methyl sites for hydroxylation is 2. The van der Waals surface area contributed by atoms with Gasteiger partial charge in [-0.1, -0.05) is 30.0 Å². The van der Waals surface area contributed by atoms with Crippen LogP contribution in [0.15, 0.2) is 46.2 Å². The fourth-order valence-corrected chi connectivity index (χ4v) is 3.29. The Labute approximate surface area is 149 Å². The maximum absolute atomic E-state index is 12.3. The van der Waals surface area contributed by atoms with E-state index in [9.17, 15) is 4.79 Å². The van der Waals surface area contributed by atoms with Crippen LogP contribution in [0.1, 0.15) is 23.8 Å². The number of rotatable bonds is 6. The lowest BCUT2D eigenvalue weighted by molar-refractivity contribution is -0.120. The van der Waals surface area contributed by atoms with Gasteiger partial charge in [-0.2, -0.15) is 4.68 Å². The van der Waals surface area contributed by atoms with Crippen LogP contribution in [0.5, 0.6) is 0 Å². The number of thioether (sulfide) groups is 1. The Bertz CT molecular complexity index is 840. The molecule has 1 amide bonds. The maximum atomic E-state index is 12.3. The second-order valence-electron chi connectivity index (χ2n) is 5.67. The third kappa shape index (κ3) is 3.90. The Morgan fingerprint density at radius 1 is 1.28 bits per heavy atom. The van der Waals surface area contributed by atoms with Crippen molar-refractivity contribution in [1.82, 2.24) is 25.5 Å².